The minimum Gasteiger partial charge on any atom is -0.341 e. The van der Waals surface area contributed by atoms with Crippen LogP contribution < -0.4 is 10.2 Å². The predicted octanol–water partition coefficient (Wildman–Crippen LogP) is 2.86. The number of rotatable bonds is 3. The van der Waals surface area contributed by atoms with Crippen LogP contribution in [-0.2, 0) is 0 Å². The van der Waals surface area contributed by atoms with Crippen LogP contribution in [0.1, 0.15) is 29.6 Å². The topological polar surface area (TPSA) is 58.1 Å². The van der Waals surface area contributed by atoms with E-state index >= 15 is 0 Å². The molecule has 1 aromatic carbocycles. The van der Waals surface area contributed by atoms with Crippen molar-refractivity contribution in [2.45, 2.75) is 19.3 Å². The molecule has 0 saturated carbocycles. The predicted molar refractivity (Wildman–Crippen MR) is 82.4 cm³/mol. The molecule has 114 valence electrons. The Morgan fingerprint density at radius 1 is 1.14 bits per heavy atom. The van der Waals surface area contributed by atoms with E-state index in [2.05, 4.69) is 20.2 Å². The third-order valence-corrected chi connectivity index (χ3v) is 3.62. The van der Waals surface area contributed by atoms with Gasteiger partial charge in [0.15, 0.2) is 0 Å². The van der Waals surface area contributed by atoms with Gasteiger partial charge in [0.1, 0.15) is 5.82 Å². The summed E-state index contributed by atoms with van der Waals surface area (Å²) in [5, 5.41) is 2.63. The summed E-state index contributed by atoms with van der Waals surface area (Å²) in [6.45, 7) is 1.91. The van der Waals surface area contributed by atoms with Crippen molar-refractivity contribution >= 4 is 17.5 Å². The highest BCUT2D eigenvalue weighted by Crippen LogP contribution is 2.16. The summed E-state index contributed by atoms with van der Waals surface area (Å²) < 4.78 is 13.1. The Hall–Kier alpha value is -2.50. The second kappa shape index (κ2) is 6.51. The van der Waals surface area contributed by atoms with Crippen molar-refractivity contribution in [1.29, 1.82) is 0 Å². The molecule has 1 aliphatic heterocycles. The van der Waals surface area contributed by atoms with Gasteiger partial charge in [-0.25, -0.2) is 14.4 Å². The molecule has 2 heterocycles. The number of benzene rings is 1. The van der Waals surface area contributed by atoms with Gasteiger partial charge in [-0.3, -0.25) is 4.79 Å². The minimum atomic E-state index is -0.394. The second-order valence-corrected chi connectivity index (χ2v) is 5.28. The molecule has 0 atom stereocenters. The summed E-state index contributed by atoms with van der Waals surface area (Å²) in [4.78, 5) is 22.7. The molecule has 0 bridgehead atoms. The molecule has 2 aromatic rings. The van der Waals surface area contributed by atoms with Gasteiger partial charge >= 0.3 is 0 Å². The van der Waals surface area contributed by atoms with Crippen LogP contribution in [0.5, 0.6) is 0 Å². The van der Waals surface area contributed by atoms with Crippen molar-refractivity contribution in [2.24, 2.45) is 0 Å². The first-order chi connectivity index (χ1) is 10.7. The average molecular weight is 300 g/mol. The van der Waals surface area contributed by atoms with Crippen LogP contribution in [0.3, 0.4) is 0 Å². The third-order valence-electron chi connectivity index (χ3n) is 3.62. The summed E-state index contributed by atoms with van der Waals surface area (Å²) in [7, 11) is 0. The first-order valence-electron chi connectivity index (χ1n) is 7.36. The third kappa shape index (κ3) is 3.39. The Kier molecular flexibility index (Phi) is 4.27. The van der Waals surface area contributed by atoms with E-state index in [-0.39, 0.29) is 5.91 Å². The van der Waals surface area contributed by atoms with Gasteiger partial charge in [0, 0.05) is 31.2 Å². The fourth-order valence-corrected chi connectivity index (χ4v) is 2.47. The van der Waals surface area contributed by atoms with Crippen molar-refractivity contribution in [3.8, 4) is 0 Å². The van der Waals surface area contributed by atoms with Gasteiger partial charge in [-0.2, -0.15) is 0 Å². The lowest BCUT2D eigenvalue weighted by Crippen LogP contribution is -2.31. The summed E-state index contributed by atoms with van der Waals surface area (Å²) >= 11 is 0. The van der Waals surface area contributed by atoms with Crippen molar-refractivity contribution in [3.05, 3.63) is 48.0 Å². The van der Waals surface area contributed by atoms with Crippen molar-refractivity contribution < 1.29 is 9.18 Å². The van der Waals surface area contributed by atoms with E-state index in [4.69, 9.17) is 0 Å². The lowest BCUT2D eigenvalue weighted by Gasteiger charge is -2.26. The van der Waals surface area contributed by atoms with Gasteiger partial charge in [0.05, 0.1) is 5.56 Å². The number of carbonyl (C=O) groups excluding carboxylic acids is 1. The number of nitrogens with one attached hydrogen (secondary N) is 1. The van der Waals surface area contributed by atoms with Gasteiger partial charge in [-0.15, -0.1) is 0 Å². The van der Waals surface area contributed by atoms with Crippen LogP contribution in [0.2, 0.25) is 0 Å². The van der Waals surface area contributed by atoms with E-state index in [1.807, 2.05) is 0 Å². The zero-order valence-corrected chi connectivity index (χ0v) is 12.1. The Balaban J connectivity index is 1.68. The number of nitrogens with zero attached hydrogens (tertiary/aromatic N) is 3. The van der Waals surface area contributed by atoms with Gasteiger partial charge in [-0.1, -0.05) is 6.07 Å². The molecule has 22 heavy (non-hydrogen) atoms. The number of piperidine rings is 1. The molecule has 5 nitrogen and oxygen atoms in total. The molecular formula is C16H17FN4O. The van der Waals surface area contributed by atoms with E-state index in [0.29, 0.717) is 17.2 Å². The summed E-state index contributed by atoms with van der Waals surface area (Å²) in [5.41, 5.74) is 0.759. The van der Waals surface area contributed by atoms with Gasteiger partial charge in [0.25, 0.3) is 5.91 Å². The molecule has 1 aromatic heterocycles. The van der Waals surface area contributed by atoms with Crippen molar-refractivity contribution in [2.75, 3.05) is 23.3 Å². The number of aromatic nitrogens is 2. The van der Waals surface area contributed by atoms with Crippen LogP contribution in [0.25, 0.3) is 0 Å². The Labute approximate surface area is 128 Å². The molecule has 1 aliphatic rings. The van der Waals surface area contributed by atoms with Gasteiger partial charge < -0.3 is 10.2 Å². The maximum atomic E-state index is 13.1. The normalized spacial score (nSPS) is 14.7. The summed E-state index contributed by atoms with van der Waals surface area (Å²) in [6.07, 6.45) is 6.54. The molecule has 0 aliphatic carbocycles. The SMILES string of the molecule is O=C(Nc1cccc(F)c1)c1cnc(N2CCCCC2)nc1. The monoisotopic (exact) mass is 300 g/mol. The largest absolute Gasteiger partial charge is 0.341 e. The number of anilines is 2. The summed E-state index contributed by atoms with van der Waals surface area (Å²) in [5.74, 6) is -0.0905. The van der Waals surface area contributed by atoms with Crippen LogP contribution in [0, 0.1) is 5.82 Å². The standard InChI is InChI=1S/C16H17FN4O/c17-13-5-4-6-14(9-13)20-15(22)12-10-18-16(19-11-12)21-7-2-1-3-8-21/h4-6,9-11H,1-3,7-8H2,(H,20,22). The fourth-order valence-electron chi connectivity index (χ4n) is 2.47. The van der Waals surface area contributed by atoms with Gasteiger partial charge in [0.2, 0.25) is 5.95 Å². The van der Waals surface area contributed by atoms with E-state index in [1.54, 1.807) is 12.1 Å². The Morgan fingerprint density at radius 3 is 2.55 bits per heavy atom. The van der Waals surface area contributed by atoms with Crippen molar-refractivity contribution in [1.82, 2.24) is 9.97 Å². The van der Waals surface area contributed by atoms with E-state index in [1.165, 1.54) is 30.9 Å². The molecule has 1 fully saturated rings. The first kappa shape index (κ1) is 14.4. The van der Waals surface area contributed by atoms with Crippen LogP contribution in [-0.4, -0.2) is 29.0 Å². The maximum Gasteiger partial charge on any atom is 0.258 e. The number of hydrogen-bond acceptors (Lipinski definition) is 4. The molecule has 1 amide bonds. The number of hydrogen-bond donors (Lipinski definition) is 1. The molecule has 3 rings (SSSR count). The molecule has 0 unspecified atom stereocenters. The highest BCUT2D eigenvalue weighted by molar-refractivity contribution is 6.03. The second-order valence-electron chi connectivity index (χ2n) is 5.28. The first-order valence-corrected chi connectivity index (χ1v) is 7.36. The van der Waals surface area contributed by atoms with E-state index in [0.717, 1.165) is 25.9 Å². The average Bonchev–Trinajstić information content (AvgIpc) is 2.56. The molecule has 1 N–H and O–H groups in total. The minimum absolute atomic E-state index is 0.351. The van der Waals surface area contributed by atoms with E-state index < -0.39 is 5.82 Å². The molecule has 6 heteroatoms. The van der Waals surface area contributed by atoms with Gasteiger partial charge in [-0.05, 0) is 37.5 Å². The molecule has 0 radical (unpaired) electrons. The quantitative estimate of drug-likeness (QED) is 0.947. The maximum absolute atomic E-state index is 13.1. The lowest BCUT2D eigenvalue weighted by atomic mass is 10.1. The number of amides is 1. The van der Waals surface area contributed by atoms with E-state index in [9.17, 15) is 9.18 Å². The zero-order valence-electron chi connectivity index (χ0n) is 12.1. The van der Waals surface area contributed by atoms with Crippen LogP contribution in [0.4, 0.5) is 16.0 Å². The van der Waals surface area contributed by atoms with Crippen molar-refractivity contribution in [3.63, 3.8) is 0 Å². The summed E-state index contributed by atoms with van der Waals surface area (Å²) in [6, 6.07) is 5.76. The number of halogens is 1. The van der Waals surface area contributed by atoms with Crippen LogP contribution >= 0.6 is 0 Å². The lowest BCUT2D eigenvalue weighted by molar-refractivity contribution is 0.102. The highest BCUT2D eigenvalue weighted by atomic mass is 19.1. The van der Waals surface area contributed by atoms with Crippen LogP contribution in [0.15, 0.2) is 36.7 Å². The molecule has 0 spiro atoms. The Bertz CT molecular complexity index is 653. The zero-order chi connectivity index (χ0) is 15.4. The highest BCUT2D eigenvalue weighted by Gasteiger charge is 2.14. The fraction of sp³-hybridized carbons (Fsp3) is 0.312. The smallest absolute Gasteiger partial charge is 0.258 e. The molecular weight excluding hydrogens is 283 g/mol. The molecule has 1 saturated heterocycles. The number of carbonyl (C=O) groups is 1. The Morgan fingerprint density at radius 2 is 1.86 bits per heavy atom.